The first-order valence-corrected chi connectivity index (χ1v) is 9.31. The Hall–Kier alpha value is -4.07. The Bertz CT molecular complexity index is 1450. The van der Waals surface area contributed by atoms with Crippen LogP contribution in [0.3, 0.4) is 0 Å². The predicted octanol–water partition coefficient (Wildman–Crippen LogP) is 3.82. The molecule has 0 atom stereocenters. The first kappa shape index (κ1) is 18.0. The van der Waals surface area contributed by atoms with Crippen molar-refractivity contribution in [3.05, 3.63) is 64.6 Å². The van der Waals surface area contributed by atoms with Gasteiger partial charge >= 0.3 is 0 Å². The summed E-state index contributed by atoms with van der Waals surface area (Å²) in [5.41, 5.74) is 3.60. The van der Waals surface area contributed by atoms with E-state index in [1.54, 1.807) is 39.3 Å². The fourth-order valence-corrected chi connectivity index (χ4v) is 3.61. The molecule has 0 unspecified atom stereocenters. The van der Waals surface area contributed by atoms with Gasteiger partial charge in [0.15, 0.2) is 16.7 Å². The summed E-state index contributed by atoms with van der Waals surface area (Å²) in [4.78, 5) is 22.6. The SMILES string of the molecule is COc1[nH]n2c(=O)c(-c3nc4c(OC)cccc4o3)c(C)nc2c1-c1ccccc1. The molecule has 0 bridgehead atoms. The number of fused-ring (bicyclic) bond motifs is 2. The molecule has 150 valence electrons. The minimum Gasteiger partial charge on any atom is -0.494 e. The quantitative estimate of drug-likeness (QED) is 0.491. The van der Waals surface area contributed by atoms with Gasteiger partial charge in [-0.3, -0.25) is 9.89 Å². The second-order valence-corrected chi connectivity index (χ2v) is 6.75. The molecule has 0 amide bonds. The average molecular weight is 402 g/mol. The van der Waals surface area contributed by atoms with Crippen LogP contribution in [0.25, 0.3) is 39.3 Å². The standard InChI is InChI=1S/C22H18N4O4/c1-12-16(20-24-18-14(28-2)10-7-11-15(18)30-20)22(27)26-19(23-12)17(21(25-26)29-3)13-8-5-4-6-9-13/h4-11,25H,1-3H3. The molecule has 0 radical (unpaired) electrons. The number of rotatable bonds is 4. The summed E-state index contributed by atoms with van der Waals surface area (Å²) in [5.74, 6) is 1.21. The zero-order valence-corrected chi connectivity index (χ0v) is 16.6. The molecule has 1 N–H and O–H groups in total. The first-order valence-electron chi connectivity index (χ1n) is 9.31. The fraction of sp³-hybridized carbons (Fsp3) is 0.136. The van der Waals surface area contributed by atoms with Crippen molar-refractivity contribution in [2.75, 3.05) is 14.2 Å². The van der Waals surface area contributed by atoms with Crippen LogP contribution in [0.4, 0.5) is 0 Å². The molecule has 0 aliphatic heterocycles. The zero-order valence-electron chi connectivity index (χ0n) is 16.6. The second kappa shape index (κ2) is 6.77. The molecule has 0 fully saturated rings. The van der Waals surface area contributed by atoms with Crippen LogP contribution in [0.2, 0.25) is 0 Å². The van der Waals surface area contributed by atoms with Crippen LogP contribution in [-0.4, -0.2) is 33.8 Å². The van der Waals surface area contributed by atoms with Gasteiger partial charge < -0.3 is 13.9 Å². The van der Waals surface area contributed by atoms with E-state index in [0.717, 1.165) is 5.56 Å². The van der Waals surface area contributed by atoms with E-state index in [1.807, 2.05) is 30.3 Å². The smallest absolute Gasteiger partial charge is 0.285 e. The number of aromatic amines is 1. The summed E-state index contributed by atoms with van der Waals surface area (Å²) in [7, 11) is 3.11. The third-order valence-electron chi connectivity index (χ3n) is 5.01. The molecule has 0 saturated heterocycles. The Labute approximate surface area is 170 Å². The van der Waals surface area contributed by atoms with Crippen molar-refractivity contribution in [1.82, 2.24) is 19.6 Å². The number of hydrogen-bond donors (Lipinski definition) is 1. The van der Waals surface area contributed by atoms with Crippen LogP contribution in [0.5, 0.6) is 11.6 Å². The molecule has 0 spiro atoms. The molecule has 3 heterocycles. The van der Waals surface area contributed by atoms with Crippen LogP contribution in [0.15, 0.2) is 57.7 Å². The zero-order chi connectivity index (χ0) is 20.8. The molecular formula is C22H18N4O4. The van der Waals surface area contributed by atoms with E-state index >= 15 is 0 Å². The van der Waals surface area contributed by atoms with Crippen molar-refractivity contribution in [2.45, 2.75) is 6.92 Å². The van der Waals surface area contributed by atoms with E-state index in [1.165, 1.54) is 4.52 Å². The van der Waals surface area contributed by atoms with E-state index in [-0.39, 0.29) is 17.0 Å². The molecular weight excluding hydrogens is 384 g/mol. The van der Waals surface area contributed by atoms with Crippen molar-refractivity contribution in [2.24, 2.45) is 0 Å². The van der Waals surface area contributed by atoms with Gasteiger partial charge in [-0.25, -0.2) is 9.97 Å². The molecule has 30 heavy (non-hydrogen) atoms. The lowest BCUT2D eigenvalue weighted by Crippen LogP contribution is -2.19. The number of para-hydroxylation sites is 1. The maximum atomic E-state index is 13.4. The highest BCUT2D eigenvalue weighted by molar-refractivity contribution is 5.84. The summed E-state index contributed by atoms with van der Waals surface area (Å²) in [6.07, 6.45) is 0. The number of nitrogens with one attached hydrogen (secondary N) is 1. The maximum Gasteiger partial charge on any atom is 0.285 e. The van der Waals surface area contributed by atoms with Gasteiger partial charge in [-0.2, -0.15) is 4.52 Å². The lowest BCUT2D eigenvalue weighted by Gasteiger charge is -2.04. The van der Waals surface area contributed by atoms with Crippen molar-refractivity contribution >= 4 is 16.7 Å². The van der Waals surface area contributed by atoms with Crippen LogP contribution in [0.1, 0.15) is 5.69 Å². The number of methoxy groups -OCH3 is 2. The highest BCUT2D eigenvalue weighted by atomic mass is 16.5. The number of H-pyrrole nitrogens is 1. The third kappa shape index (κ3) is 2.57. The van der Waals surface area contributed by atoms with E-state index < -0.39 is 0 Å². The molecule has 0 aliphatic carbocycles. The molecule has 2 aromatic carbocycles. The van der Waals surface area contributed by atoms with Gasteiger partial charge in [-0.1, -0.05) is 36.4 Å². The topological polar surface area (TPSA) is 94.7 Å². The number of aromatic nitrogens is 4. The van der Waals surface area contributed by atoms with Crippen molar-refractivity contribution in [1.29, 1.82) is 0 Å². The van der Waals surface area contributed by atoms with Gasteiger partial charge in [0.2, 0.25) is 11.8 Å². The summed E-state index contributed by atoms with van der Waals surface area (Å²) in [6.45, 7) is 1.76. The van der Waals surface area contributed by atoms with Crippen LogP contribution in [-0.2, 0) is 0 Å². The summed E-state index contributed by atoms with van der Waals surface area (Å²) >= 11 is 0. The molecule has 0 saturated carbocycles. The molecule has 8 heteroatoms. The number of nitrogens with zero attached hydrogens (tertiary/aromatic N) is 3. The minimum absolute atomic E-state index is 0.189. The molecule has 3 aromatic heterocycles. The Kier molecular flexibility index (Phi) is 4.06. The van der Waals surface area contributed by atoms with Gasteiger partial charge in [-0.05, 0) is 24.6 Å². The minimum atomic E-state index is -0.330. The first-order chi connectivity index (χ1) is 14.6. The van der Waals surface area contributed by atoms with Crippen LogP contribution >= 0.6 is 0 Å². The third-order valence-corrected chi connectivity index (χ3v) is 5.01. The van der Waals surface area contributed by atoms with Crippen LogP contribution < -0.4 is 15.0 Å². The van der Waals surface area contributed by atoms with Crippen LogP contribution in [0, 0.1) is 6.92 Å². The van der Waals surface area contributed by atoms with Gasteiger partial charge in [0.05, 0.1) is 25.5 Å². The molecule has 5 aromatic rings. The van der Waals surface area contributed by atoms with Gasteiger partial charge in [0.25, 0.3) is 5.56 Å². The van der Waals surface area contributed by atoms with Crippen molar-refractivity contribution in [3.63, 3.8) is 0 Å². The number of oxazole rings is 1. The number of benzene rings is 2. The second-order valence-electron chi connectivity index (χ2n) is 6.75. The Balaban J connectivity index is 1.79. The van der Waals surface area contributed by atoms with Crippen molar-refractivity contribution in [3.8, 4) is 34.2 Å². The summed E-state index contributed by atoms with van der Waals surface area (Å²) < 4.78 is 18.1. The fourth-order valence-electron chi connectivity index (χ4n) is 3.61. The van der Waals surface area contributed by atoms with E-state index in [9.17, 15) is 4.79 Å². The van der Waals surface area contributed by atoms with E-state index in [2.05, 4.69) is 10.1 Å². The average Bonchev–Trinajstić information content (AvgIpc) is 3.35. The highest BCUT2D eigenvalue weighted by Gasteiger charge is 2.23. The Morgan fingerprint density at radius 2 is 1.77 bits per heavy atom. The van der Waals surface area contributed by atoms with E-state index in [4.69, 9.17) is 18.9 Å². The number of ether oxygens (including phenoxy) is 2. The Morgan fingerprint density at radius 3 is 2.50 bits per heavy atom. The predicted molar refractivity (Wildman–Crippen MR) is 112 cm³/mol. The normalized spacial score (nSPS) is 11.3. The number of hydrogen-bond acceptors (Lipinski definition) is 6. The monoisotopic (exact) mass is 402 g/mol. The summed E-state index contributed by atoms with van der Waals surface area (Å²) in [6, 6.07) is 15.0. The largest absolute Gasteiger partial charge is 0.494 e. The van der Waals surface area contributed by atoms with Gasteiger partial charge in [-0.15, -0.1) is 0 Å². The molecule has 0 aliphatic rings. The molecule has 5 rings (SSSR count). The van der Waals surface area contributed by atoms with Gasteiger partial charge in [0, 0.05) is 0 Å². The van der Waals surface area contributed by atoms with Gasteiger partial charge in [0.1, 0.15) is 11.3 Å². The Morgan fingerprint density at radius 1 is 0.967 bits per heavy atom. The molecule has 8 nitrogen and oxygen atoms in total. The van der Waals surface area contributed by atoms with E-state index in [0.29, 0.717) is 39.6 Å². The lowest BCUT2D eigenvalue weighted by atomic mass is 10.1. The van der Waals surface area contributed by atoms with Crippen molar-refractivity contribution < 1.29 is 13.9 Å². The summed E-state index contributed by atoms with van der Waals surface area (Å²) in [5, 5.41) is 3.00. The lowest BCUT2D eigenvalue weighted by molar-refractivity contribution is 0.396. The maximum absolute atomic E-state index is 13.4. The highest BCUT2D eigenvalue weighted by Crippen LogP contribution is 2.34. The number of aryl methyl sites for hydroxylation is 1.